The van der Waals surface area contributed by atoms with E-state index in [9.17, 15) is 12.8 Å². The van der Waals surface area contributed by atoms with Gasteiger partial charge >= 0.3 is 0 Å². The molecule has 0 fully saturated rings. The molecule has 1 aromatic carbocycles. The number of hydrogen-bond donors (Lipinski definition) is 2. The number of nitrogens with zero attached hydrogens (tertiary/aromatic N) is 1. The monoisotopic (exact) mass is 281 g/mol. The van der Waals surface area contributed by atoms with Gasteiger partial charge in [0.15, 0.2) is 0 Å². The quantitative estimate of drug-likeness (QED) is 0.842. The first-order valence-electron chi connectivity index (χ1n) is 5.40. The number of anilines is 2. The van der Waals surface area contributed by atoms with Crippen LogP contribution in [0.3, 0.4) is 0 Å². The van der Waals surface area contributed by atoms with Crippen molar-refractivity contribution in [3.05, 3.63) is 48.0 Å². The van der Waals surface area contributed by atoms with Crippen molar-refractivity contribution in [1.82, 2.24) is 4.98 Å². The van der Waals surface area contributed by atoms with Gasteiger partial charge in [0.25, 0.3) is 10.0 Å². The van der Waals surface area contributed by atoms with Crippen molar-refractivity contribution in [2.24, 2.45) is 0 Å². The highest BCUT2D eigenvalue weighted by atomic mass is 32.2. The molecular weight excluding hydrogens is 269 g/mol. The predicted octanol–water partition coefficient (Wildman–Crippen LogP) is 1.91. The molecule has 3 N–H and O–H groups in total. The topological polar surface area (TPSA) is 85.1 Å². The highest BCUT2D eigenvalue weighted by molar-refractivity contribution is 7.92. The van der Waals surface area contributed by atoms with E-state index in [1.165, 1.54) is 24.4 Å². The Hall–Kier alpha value is -2.15. The predicted molar refractivity (Wildman–Crippen MR) is 70.6 cm³/mol. The third-order valence-electron chi connectivity index (χ3n) is 2.52. The summed E-state index contributed by atoms with van der Waals surface area (Å²) >= 11 is 0. The minimum absolute atomic E-state index is 0.144. The van der Waals surface area contributed by atoms with Gasteiger partial charge in [0, 0.05) is 6.20 Å². The second kappa shape index (κ2) is 4.85. The van der Waals surface area contributed by atoms with Crippen molar-refractivity contribution in [2.75, 3.05) is 10.5 Å². The molecular formula is C12H12FN3O2S. The van der Waals surface area contributed by atoms with E-state index >= 15 is 0 Å². The van der Waals surface area contributed by atoms with E-state index in [0.717, 1.165) is 6.07 Å². The van der Waals surface area contributed by atoms with Gasteiger partial charge in [-0.25, -0.2) is 12.8 Å². The van der Waals surface area contributed by atoms with Crippen LogP contribution in [-0.4, -0.2) is 13.4 Å². The van der Waals surface area contributed by atoms with Crippen LogP contribution in [0.2, 0.25) is 0 Å². The number of rotatable bonds is 3. The van der Waals surface area contributed by atoms with Crippen LogP contribution in [0.4, 0.5) is 15.8 Å². The van der Waals surface area contributed by atoms with Gasteiger partial charge in [0.05, 0.1) is 17.1 Å². The number of hydrogen-bond acceptors (Lipinski definition) is 4. The summed E-state index contributed by atoms with van der Waals surface area (Å²) in [6.07, 6.45) is 1.53. The van der Waals surface area contributed by atoms with Gasteiger partial charge in [-0.2, -0.15) is 0 Å². The summed E-state index contributed by atoms with van der Waals surface area (Å²) in [4.78, 5) is 3.39. The largest absolute Gasteiger partial charge is 0.398 e. The first-order chi connectivity index (χ1) is 8.92. The van der Waals surface area contributed by atoms with Crippen molar-refractivity contribution in [1.29, 1.82) is 0 Å². The Balaban J connectivity index is 2.47. The molecule has 0 aliphatic rings. The van der Waals surface area contributed by atoms with Crippen LogP contribution >= 0.6 is 0 Å². The average Bonchev–Trinajstić information content (AvgIpc) is 2.31. The van der Waals surface area contributed by atoms with Crippen LogP contribution in [0.15, 0.2) is 41.4 Å². The SMILES string of the molecule is Cc1ncccc1NS(=O)(=O)c1c(N)cccc1F. The molecule has 2 aromatic rings. The molecule has 0 spiro atoms. The van der Waals surface area contributed by atoms with Crippen LogP contribution in [0.1, 0.15) is 5.69 Å². The van der Waals surface area contributed by atoms with Gasteiger partial charge in [0.2, 0.25) is 0 Å². The maximum atomic E-state index is 13.6. The molecule has 100 valence electrons. The van der Waals surface area contributed by atoms with E-state index < -0.39 is 20.7 Å². The Labute approximate surface area is 110 Å². The summed E-state index contributed by atoms with van der Waals surface area (Å²) in [6.45, 7) is 1.64. The molecule has 1 aromatic heterocycles. The summed E-state index contributed by atoms with van der Waals surface area (Å²) in [5, 5.41) is 0. The third kappa shape index (κ3) is 2.65. The second-order valence-electron chi connectivity index (χ2n) is 3.90. The molecule has 0 saturated carbocycles. The maximum Gasteiger partial charge on any atom is 0.266 e. The van der Waals surface area contributed by atoms with Gasteiger partial charge in [0.1, 0.15) is 10.7 Å². The molecule has 1 heterocycles. The molecule has 0 atom stereocenters. The summed E-state index contributed by atoms with van der Waals surface area (Å²) in [5.74, 6) is -0.894. The summed E-state index contributed by atoms with van der Waals surface area (Å²) in [7, 11) is -4.09. The molecule has 0 saturated heterocycles. The van der Waals surface area contributed by atoms with Crippen molar-refractivity contribution < 1.29 is 12.8 Å². The molecule has 7 heteroatoms. The normalized spacial score (nSPS) is 11.3. The highest BCUT2D eigenvalue weighted by Gasteiger charge is 2.22. The Morgan fingerprint density at radius 3 is 2.63 bits per heavy atom. The van der Waals surface area contributed by atoms with E-state index in [0.29, 0.717) is 5.69 Å². The molecule has 2 rings (SSSR count). The fraction of sp³-hybridized carbons (Fsp3) is 0.0833. The van der Waals surface area contributed by atoms with Crippen LogP contribution in [0.5, 0.6) is 0 Å². The molecule has 0 amide bonds. The molecule has 0 unspecified atom stereocenters. The van der Waals surface area contributed by atoms with Gasteiger partial charge in [-0.05, 0) is 31.2 Å². The summed E-state index contributed by atoms with van der Waals surface area (Å²) < 4.78 is 40.2. The van der Waals surface area contributed by atoms with Gasteiger partial charge < -0.3 is 5.73 Å². The number of benzene rings is 1. The van der Waals surface area contributed by atoms with Crippen molar-refractivity contribution in [2.45, 2.75) is 11.8 Å². The van der Waals surface area contributed by atoms with E-state index in [1.54, 1.807) is 13.0 Å². The summed E-state index contributed by atoms with van der Waals surface area (Å²) in [6, 6.07) is 6.83. The van der Waals surface area contributed by atoms with Crippen molar-refractivity contribution in [3.63, 3.8) is 0 Å². The number of aromatic nitrogens is 1. The first kappa shape index (κ1) is 13.3. The number of nitrogens with one attached hydrogen (secondary N) is 1. The number of sulfonamides is 1. The lowest BCUT2D eigenvalue weighted by Gasteiger charge is -2.11. The highest BCUT2D eigenvalue weighted by Crippen LogP contribution is 2.24. The van der Waals surface area contributed by atoms with Gasteiger partial charge in [-0.1, -0.05) is 6.07 Å². The van der Waals surface area contributed by atoms with Crippen molar-refractivity contribution >= 4 is 21.4 Å². The zero-order valence-electron chi connectivity index (χ0n) is 10.1. The van der Waals surface area contributed by atoms with E-state index in [1.807, 2.05) is 0 Å². The average molecular weight is 281 g/mol. The van der Waals surface area contributed by atoms with Gasteiger partial charge in [-0.15, -0.1) is 0 Å². The van der Waals surface area contributed by atoms with Crippen LogP contribution in [0.25, 0.3) is 0 Å². The Bertz CT molecular complexity index is 696. The van der Waals surface area contributed by atoms with E-state index in [4.69, 9.17) is 5.73 Å². The molecule has 0 aliphatic heterocycles. The zero-order chi connectivity index (χ0) is 14.0. The standard InChI is InChI=1S/C12H12FN3O2S/c1-8-11(6-3-7-15-8)16-19(17,18)12-9(13)4-2-5-10(12)14/h2-7,16H,14H2,1H3. The van der Waals surface area contributed by atoms with E-state index in [-0.39, 0.29) is 11.4 Å². The molecule has 0 radical (unpaired) electrons. The Morgan fingerprint density at radius 2 is 2.00 bits per heavy atom. The number of aryl methyl sites for hydroxylation is 1. The van der Waals surface area contributed by atoms with Crippen LogP contribution < -0.4 is 10.5 Å². The lowest BCUT2D eigenvalue weighted by atomic mass is 10.3. The smallest absolute Gasteiger partial charge is 0.266 e. The number of nitrogen functional groups attached to an aromatic ring is 1. The second-order valence-corrected chi connectivity index (χ2v) is 5.52. The number of nitrogens with two attached hydrogens (primary N) is 1. The maximum absolute atomic E-state index is 13.6. The fourth-order valence-electron chi connectivity index (χ4n) is 1.60. The van der Waals surface area contributed by atoms with Crippen LogP contribution in [-0.2, 0) is 10.0 Å². The van der Waals surface area contributed by atoms with Crippen LogP contribution in [0, 0.1) is 12.7 Å². The number of pyridine rings is 1. The minimum atomic E-state index is -4.09. The fourth-order valence-corrected chi connectivity index (χ4v) is 2.91. The first-order valence-corrected chi connectivity index (χ1v) is 6.88. The number of halogens is 1. The summed E-state index contributed by atoms with van der Waals surface area (Å²) in [5.41, 5.74) is 6.15. The molecule has 0 aliphatic carbocycles. The zero-order valence-corrected chi connectivity index (χ0v) is 10.9. The molecule has 0 bridgehead atoms. The Morgan fingerprint density at radius 1 is 1.26 bits per heavy atom. The Kier molecular flexibility index (Phi) is 3.39. The lowest BCUT2D eigenvalue weighted by Crippen LogP contribution is -2.17. The lowest BCUT2D eigenvalue weighted by molar-refractivity contribution is 0.571. The van der Waals surface area contributed by atoms with Gasteiger partial charge in [-0.3, -0.25) is 9.71 Å². The molecule has 5 nitrogen and oxygen atoms in total. The minimum Gasteiger partial charge on any atom is -0.398 e. The van der Waals surface area contributed by atoms with Crippen molar-refractivity contribution in [3.8, 4) is 0 Å². The molecule has 19 heavy (non-hydrogen) atoms. The third-order valence-corrected chi connectivity index (χ3v) is 3.97. The van der Waals surface area contributed by atoms with E-state index in [2.05, 4.69) is 9.71 Å².